The van der Waals surface area contributed by atoms with Crippen LogP contribution >= 0.6 is 11.8 Å². The third-order valence-electron chi connectivity index (χ3n) is 6.18. The monoisotopic (exact) mass is 514 g/mol. The maximum absolute atomic E-state index is 12.7. The second-order valence-electron chi connectivity index (χ2n) is 9.17. The predicted molar refractivity (Wildman–Crippen MR) is 148 cm³/mol. The molecule has 37 heavy (non-hydrogen) atoms. The van der Waals surface area contributed by atoms with Crippen LogP contribution in [0.2, 0.25) is 0 Å². The standard InChI is InChI=1S/C28H30N6O2S/c1-5-6-13-36-22-9-7-21(8-10-22)23-16-24-27-30-31-28(33(27)11-12-34(24)32-23)37-17-25(35)29-26-19(3)14-18(2)15-20(26)4/h7-12,14-16H,5-6,13,17H2,1-4H3,(H,29,35). The number of ether oxygens (including phenoxy) is 1. The number of benzene rings is 2. The molecule has 3 heterocycles. The quantitative estimate of drug-likeness (QED) is 0.195. The van der Waals surface area contributed by atoms with E-state index in [2.05, 4.69) is 41.5 Å². The maximum Gasteiger partial charge on any atom is 0.234 e. The SMILES string of the molecule is CCCCOc1ccc(-c2cc3c4nnc(SCC(=O)Nc5c(C)cc(C)cc5C)n4ccn3n2)cc1. The second kappa shape index (κ2) is 10.6. The molecule has 0 aliphatic carbocycles. The molecule has 0 bridgehead atoms. The predicted octanol–water partition coefficient (Wildman–Crippen LogP) is 5.88. The molecule has 0 saturated heterocycles. The van der Waals surface area contributed by atoms with Crippen molar-refractivity contribution in [1.82, 2.24) is 24.2 Å². The number of nitrogens with zero attached hydrogens (tertiary/aromatic N) is 5. The third kappa shape index (κ3) is 5.32. The summed E-state index contributed by atoms with van der Waals surface area (Å²) in [4.78, 5) is 12.7. The number of carbonyl (C=O) groups is 1. The summed E-state index contributed by atoms with van der Waals surface area (Å²) >= 11 is 1.35. The van der Waals surface area contributed by atoms with E-state index < -0.39 is 0 Å². The normalized spacial score (nSPS) is 11.4. The summed E-state index contributed by atoms with van der Waals surface area (Å²) in [6.07, 6.45) is 5.90. The summed E-state index contributed by atoms with van der Waals surface area (Å²) in [7, 11) is 0. The second-order valence-corrected chi connectivity index (χ2v) is 10.1. The first-order chi connectivity index (χ1) is 17.9. The van der Waals surface area contributed by atoms with Crippen molar-refractivity contribution in [3.63, 3.8) is 0 Å². The van der Waals surface area contributed by atoms with Crippen molar-refractivity contribution in [3.8, 4) is 17.0 Å². The number of fused-ring (bicyclic) bond motifs is 3. The fourth-order valence-corrected chi connectivity index (χ4v) is 5.09. The first kappa shape index (κ1) is 24.8. The number of anilines is 1. The Hall–Kier alpha value is -3.85. The molecule has 8 nitrogen and oxygen atoms in total. The van der Waals surface area contributed by atoms with Gasteiger partial charge in [0.05, 0.1) is 18.1 Å². The Kier molecular flexibility index (Phi) is 7.14. The number of thioether (sulfide) groups is 1. The van der Waals surface area contributed by atoms with E-state index in [-0.39, 0.29) is 11.7 Å². The molecule has 190 valence electrons. The minimum absolute atomic E-state index is 0.0772. The Morgan fingerprint density at radius 1 is 1.03 bits per heavy atom. The van der Waals surface area contributed by atoms with Gasteiger partial charge in [0.15, 0.2) is 10.8 Å². The molecule has 5 aromatic rings. The zero-order valence-corrected chi connectivity index (χ0v) is 22.3. The first-order valence-corrected chi connectivity index (χ1v) is 13.4. The number of hydrogen-bond donors (Lipinski definition) is 1. The van der Waals surface area contributed by atoms with E-state index in [9.17, 15) is 4.79 Å². The molecule has 2 aromatic carbocycles. The summed E-state index contributed by atoms with van der Waals surface area (Å²) in [5, 5.41) is 17.1. The van der Waals surface area contributed by atoms with Gasteiger partial charge >= 0.3 is 0 Å². The van der Waals surface area contributed by atoms with Gasteiger partial charge in [-0.15, -0.1) is 10.2 Å². The fraction of sp³-hybridized carbons (Fsp3) is 0.286. The van der Waals surface area contributed by atoms with Crippen LogP contribution in [0.25, 0.3) is 22.4 Å². The van der Waals surface area contributed by atoms with Crippen LogP contribution in [0.5, 0.6) is 5.75 Å². The lowest BCUT2D eigenvalue weighted by atomic mass is 10.1. The molecule has 0 atom stereocenters. The van der Waals surface area contributed by atoms with Crippen molar-refractivity contribution in [2.45, 2.75) is 45.7 Å². The van der Waals surface area contributed by atoms with Crippen molar-refractivity contribution in [2.24, 2.45) is 0 Å². The number of rotatable bonds is 9. The molecule has 1 amide bonds. The fourth-order valence-electron chi connectivity index (χ4n) is 4.37. The Morgan fingerprint density at radius 3 is 2.51 bits per heavy atom. The average Bonchev–Trinajstić information content (AvgIpc) is 3.49. The lowest BCUT2D eigenvalue weighted by Gasteiger charge is -2.12. The van der Waals surface area contributed by atoms with Crippen LogP contribution in [0.4, 0.5) is 5.69 Å². The number of carbonyl (C=O) groups excluding carboxylic acids is 1. The highest BCUT2D eigenvalue weighted by molar-refractivity contribution is 7.99. The maximum atomic E-state index is 12.7. The molecular weight excluding hydrogens is 484 g/mol. The Bertz CT molecular complexity index is 1550. The molecule has 0 saturated carbocycles. The molecule has 0 aliphatic heterocycles. The lowest BCUT2D eigenvalue weighted by Crippen LogP contribution is -2.16. The lowest BCUT2D eigenvalue weighted by molar-refractivity contribution is -0.113. The minimum Gasteiger partial charge on any atom is -0.494 e. The van der Waals surface area contributed by atoms with Crippen LogP contribution in [0.3, 0.4) is 0 Å². The molecule has 0 unspecified atom stereocenters. The number of amides is 1. The van der Waals surface area contributed by atoms with Crippen molar-refractivity contribution in [1.29, 1.82) is 0 Å². The van der Waals surface area contributed by atoms with Crippen molar-refractivity contribution in [2.75, 3.05) is 17.7 Å². The van der Waals surface area contributed by atoms with Gasteiger partial charge in [0.1, 0.15) is 11.3 Å². The van der Waals surface area contributed by atoms with Crippen molar-refractivity contribution < 1.29 is 9.53 Å². The zero-order chi connectivity index (χ0) is 25.9. The average molecular weight is 515 g/mol. The Morgan fingerprint density at radius 2 is 1.78 bits per heavy atom. The number of hydrogen-bond acceptors (Lipinski definition) is 6. The highest BCUT2D eigenvalue weighted by Gasteiger charge is 2.15. The molecule has 0 aliphatic rings. The topological polar surface area (TPSA) is 85.8 Å². The smallest absolute Gasteiger partial charge is 0.234 e. The molecule has 3 aromatic heterocycles. The van der Waals surface area contributed by atoms with Crippen molar-refractivity contribution in [3.05, 3.63) is 71.5 Å². The largest absolute Gasteiger partial charge is 0.494 e. The number of aromatic nitrogens is 5. The van der Waals surface area contributed by atoms with Crippen LogP contribution in [-0.2, 0) is 4.79 Å². The molecule has 9 heteroatoms. The van der Waals surface area contributed by atoms with Crippen LogP contribution in [-0.4, -0.2) is 42.5 Å². The van der Waals surface area contributed by atoms with E-state index in [1.54, 1.807) is 4.52 Å². The van der Waals surface area contributed by atoms with E-state index in [1.807, 2.05) is 61.0 Å². The van der Waals surface area contributed by atoms with Crippen LogP contribution in [0.15, 0.2) is 60.0 Å². The Balaban J connectivity index is 1.31. The highest BCUT2D eigenvalue weighted by Crippen LogP contribution is 2.26. The summed E-state index contributed by atoms with van der Waals surface area (Å²) in [5.74, 6) is 1.02. The minimum atomic E-state index is -0.0772. The van der Waals surface area contributed by atoms with Crippen molar-refractivity contribution >= 4 is 34.5 Å². The van der Waals surface area contributed by atoms with E-state index in [1.165, 1.54) is 17.3 Å². The van der Waals surface area contributed by atoms with Gasteiger partial charge in [-0.2, -0.15) is 5.10 Å². The van der Waals surface area contributed by atoms with E-state index in [0.29, 0.717) is 10.8 Å². The van der Waals surface area contributed by atoms with Crippen LogP contribution in [0, 0.1) is 20.8 Å². The summed E-state index contributed by atoms with van der Waals surface area (Å²) in [6, 6.07) is 14.1. The van der Waals surface area contributed by atoms with E-state index in [4.69, 9.17) is 9.84 Å². The van der Waals surface area contributed by atoms with Gasteiger partial charge in [-0.25, -0.2) is 4.52 Å². The summed E-state index contributed by atoms with van der Waals surface area (Å²) in [5.41, 5.74) is 7.54. The highest BCUT2D eigenvalue weighted by atomic mass is 32.2. The van der Waals surface area contributed by atoms with Gasteiger partial charge in [-0.3, -0.25) is 9.20 Å². The molecule has 1 N–H and O–H groups in total. The number of aryl methyl sites for hydroxylation is 3. The summed E-state index contributed by atoms with van der Waals surface area (Å²) in [6.45, 7) is 8.95. The van der Waals surface area contributed by atoms with Gasteiger partial charge in [-0.05, 0) is 68.7 Å². The molecular formula is C28H30N6O2S. The molecule has 0 spiro atoms. The number of unbranched alkanes of at least 4 members (excludes halogenated alkanes) is 1. The number of nitrogens with one attached hydrogen (secondary N) is 1. The summed E-state index contributed by atoms with van der Waals surface area (Å²) < 4.78 is 9.46. The zero-order valence-electron chi connectivity index (χ0n) is 21.5. The van der Waals surface area contributed by atoms with Gasteiger partial charge < -0.3 is 10.1 Å². The molecule has 0 fully saturated rings. The van der Waals surface area contributed by atoms with Crippen LogP contribution < -0.4 is 10.1 Å². The van der Waals surface area contributed by atoms with Gasteiger partial charge in [-0.1, -0.05) is 42.8 Å². The molecule has 0 radical (unpaired) electrons. The third-order valence-corrected chi connectivity index (χ3v) is 7.12. The van der Waals surface area contributed by atoms with E-state index in [0.717, 1.165) is 58.8 Å². The van der Waals surface area contributed by atoms with Gasteiger partial charge in [0, 0.05) is 23.6 Å². The van der Waals surface area contributed by atoms with Gasteiger partial charge in [0.2, 0.25) is 5.91 Å². The molecule has 5 rings (SSSR count). The first-order valence-electron chi connectivity index (χ1n) is 12.4. The Labute approximate surface area is 220 Å². The van der Waals surface area contributed by atoms with Gasteiger partial charge in [0.25, 0.3) is 0 Å². The van der Waals surface area contributed by atoms with E-state index >= 15 is 0 Å². The van der Waals surface area contributed by atoms with Crippen LogP contribution in [0.1, 0.15) is 36.5 Å².